The molecule has 1 aromatic heterocycles. The first-order valence-electron chi connectivity index (χ1n) is 6.27. The van der Waals surface area contributed by atoms with E-state index in [0.717, 1.165) is 22.6 Å². The lowest BCUT2D eigenvalue weighted by Crippen LogP contribution is -2.02. The normalized spacial score (nSPS) is 10.5. The van der Waals surface area contributed by atoms with Crippen molar-refractivity contribution < 1.29 is 9.84 Å². The van der Waals surface area contributed by atoms with Crippen LogP contribution in [0.4, 0.5) is 0 Å². The molecule has 0 aliphatic heterocycles. The highest BCUT2D eigenvalue weighted by atomic mass is 16.5. The number of aliphatic hydroxyl groups is 1. The molecule has 19 heavy (non-hydrogen) atoms. The molecule has 4 nitrogen and oxygen atoms in total. The molecule has 0 bridgehead atoms. The Morgan fingerprint density at radius 2 is 1.89 bits per heavy atom. The molecule has 0 unspecified atom stereocenters. The van der Waals surface area contributed by atoms with Gasteiger partial charge in [-0.2, -0.15) is 0 Å². The molecule has 0 amide bonds. The number of aliphatic hydroxyl groups excluding tert-OH is 1. The fourth-order valence-electron chi connectivity index (χ4n) is 1.77. The second kappa shape index (κ2) is 6.31. The molecule has 0 atom stereocenters. The molecule has 4 heteroatoms. The van der Waals surface area contributed by atoms with Gasteiger partial charge < -0.3 is 15.6 Å². The van der Waals surface area contributed by atoms with Crippen molar-refractivity contribution in [3.05, 3.63) is 53.2 Å². The van der Waals surface area contributed by atoms with E-state index in [4.69, 9.17) is 15.6 Å². The quantitative estimate of drug-likeness (QED) is 0.862. The summed E-state index contributed by atoms with van der Waals surface area (Å²) >= 11 is 0. The van der Waals surface area contributed by atoms with Gasteiger partial charge in [0, 0.05) is 24.4 Å². The maximum Gasteiger partial charge on any atom is 0.223 e. The number of nitrogens with zero attached hydrogens (tertiary/aromatic N) is 1. The third-order valence-corrected chi connectivity index (χ3v) is 2.84. The maximum absolute atomic E-state index is 8.87. The number of benzene rings is 1. The molecule has 1 aromatic carbocycles. The summed E-state index contributed by atoms with van der Waals surface area (Å²) in [7, 11) is 0. The molecule has 100 valence electrons. The lowest BCUT2D eigenvalue weighted by Gasteiger charge is -2.10. The first kappa shape index (κ1) is 13.5. The SMILES string of the molecule is Cc1ccc(CN)c(Oc2ccc(CCO)cc2)n1. The standard InChI is InChI=1S/C15H18N2O2/c1-11-2-5-13(10-16)15(17-11)19-14-6-3-12(4-7-14)8-9-18/h2-7,18H,8-10,16H2,1H3. The summed E-state index contributed by atoms with van der Waals surface area (Å²) in [6, 6.07) is 11.5. The van der Waals surface area contributed by atoms with Crippen LogP contribution in [0.3, 0.4) is 0 Å². The molecule has 0 fully saturated rings. The fraction of sp³-hybridized carbons (Fsp3) is 0.267. The zero-order valence-electron chi connectivity index (χ0n) is 11.0. The number of ether oxygens (including phenoxy) is 1. The zero-order valence-corrected chi connectivity index (χ0v) is 11.0. The maximum atomic E-state index is 8.87. The van der Waals surface area contributed by atoms with Crippen LogP contribution in [0.2, 0.25) is 0 Å². The first-order valence-corrected chi connectivity index (χ1v) is 6.27. The van der Waals surface area contributed by atoms with Crippen LogP contribution in [0.15, 0.2) is 36.4 Å². The van der Waals surface area contributed by atoms with Crippen molar-refractivity contribution in [3.8, 4) is 11.6 Å². The summed E-state index contributed by atoms with van der Waals surface area (Å²) in [6.07, 6.45) is 0.650. The van der Waals surface area contributed by atoms with Crippen LogP contribution in [0.25, 0.3) is 0 Å². The summed E-state index contributed by atoms with van der Waals surface area (Å²) in [6.45, 7) is 2.46. The van der Waals surface area contributed by atoms with Gasteiger partial charge >= 0.3 is 0 Å². The number of hydrogen-bond donors (Lipinski definition) is 2. The summed E-state index contributed by atoms with van der Waals surface area (Å²) in [5.74, 6) is 1.27. The number of aromatic nitrogens is 1. The number of pyridine rings is 1. The van der Waals surface area contributed by atoms with Crippen molar-refractivity contribution in [1.82, 2.24) is 4.98 Å². The van der Waals surface area contributed by atoms with Crippen molar-refractivity contribution in [1.29, 1.82) is 0 Å². The van der Waals surface area contributed by atoms with Crippen molar-refractivity contribution in [2.24, 2.45) is 5.73 Å². The van der Waals surface area contributed by atoms with E-state index >= 15 is 0 Å². The summed E-state index contributed by atoms with van der Waals surface area (Å²) < 4.78 is 5.76. The molecule has 3 N–H and O–H groups in total. The number of nitrogens with two attached hydrogens (primary N) is 1. The Morgan fingerprint density at radius 3 is 2.53 bits per heavy atom. The Kier molecular flexibility index (Phi) is 4.49. The second-order valence-electron chi connectivity index (χ2n) is 4.34. The number of hydrogen-bond acceptors (Lipinski definition) is 4. The van der Waals surface area contributed by atoms with Crippen LogP contribution in [0.1, 0.15) is 16.8 Å². The van der Waals surface area contributed by atoms with Crippen molar-refractivity contribution in [3.63, 3.8) is 0 Å². The highest BCUT2D eigenvalue weighted by Crippen LogP contribution is 2.23. The molecule has 0 aliphatic rings. The molecule has 2 aromatic rings. The Balaban J connectivity index is 2.18. The minimum atomic E-state index is 0.150. The van der Waals surface area contributed by atoms with Gasteiger partial charge in [0.05, 0.1) is 0 Å². The van der Waals surface area contributed by atoms with Crippen molar-refractivity contribution in [2.75, 3.05) is 6.61 Å². The lowest BCUT2D eigenvalue weighted by atomic mass is 10.1. The van der Waals surface area contributed by atoms with Crippen LogP contribution in [-0.2, 0) is 13.0 Å². The van der Waals surface area contributed by atoms with Crippen molar-refractivity contribution in [2.45, 2.75) is 19.9 Å². The third kappa shape index (κ3) is 3.53. The monoisotopic (exact) mass is 258 g/mol. The average Bonchev–Trinajstić information content (AvgIpc) is 2.42. The highest BCUT2D eigenvalue weighted by molar-refractivity contribution is 5.35. The molecule has 0 spiro atoms. The van der Waals surface area contributed by atoms with E-state index in [1.54, 1.807) is 0 Å². The van der Waals surface area contributed by atoms with Crippen LogP contribution in [0, 0.1) is 6.92 Å². The van der Waals surface area contributed by atoms with Crippen molar-refractivity contribution >= 4 is 0 Å². The number of aryl methyl sites for hydroxylation is 1. The molecule has 2 rings (SSSR count). The molecule has 0 aliphatic carbocycles. The van der Waals surface area contributed by atoms with Gasteiger partial charge in [0.2, 0.25) is 5.88 Å². The number of rotatable bonds is 5. The topological polar surface area (TPSA) is 68.4 Å². The predicted molar refractivity (Wildman–Crippen MR) is 74.2 cm³/mol. The van der Waals surface area contributed by atoms with Crippen LogP contribution < -0.4 is 10.5 Å². The van der Waals surface area contributed by atoms with Gasteiger partial charge in [0.15, 0.2) is 0 Å². The minimum absolute atomic E-state index is 0.150. The van der Waals surface area contributed by atoms with E-state index < -0.39 is 0 Å². The Hall–Kier alpha value is -1.91. The molecule has 1 heterocycles. The molecule has 0 saturated carbocycles. The average molecular weight is 258 g/mol. The van der Waals surface area contributed by atoms with E-state index in [-0.39, 0.29) is 6.61 Å². The predicted octanol–water partition coefficient (Wildman–Crippen LogP) is 2.18. The summed E-state index contributed by atoms with van der Waals surface area (Å²) in [5, 5.41) is 8.87. The minimum Gasteiger partial charge on any atom is -0.439 e. The smallest absolute Gasteiger partial charge is 0.223 e. The zero-order chi connectivity index (χ0) is 13.7. The van der Waals surface area contributed by atoms with Crippen LogP contribution in [-0.4, -0.2) is 16.7 Å². The lowest BCUT2D eigenvalue weighted by molar-refractivity contribution is 0.299. The summed E-state index contributed by atoms with van der Waals surface area (Å²) in [4.78, 5) is 4.36. The Bertz CT molecular complexity index is 538. The van der Waals surface area contributed by atoms with E-state index in [1.165, 1.54) is 0 Å². The molecule has 0 radical (unpaired) electrons. The van der Waals surface area contributed by atoms with E-state index in [2.05, 4.69) is 4.98 Å². The van der Waals surface area contributed by atoms with Gasteiger partial charge in [-0.05, 0) is 37.1 Å². The van der Waals surface area contributed by atoms with Gasteiger partial charge in [-0.1, -0.05) is 18.2 Å². The fourth-order valence-corrected chi connectivity index (χ4v) is 1.77. The van der Waals surface area contributed by atoms with Gasteiger partial charge in [-0.15, -0.1) is 0 Å². The summed E-state index contributed by atoms with van der Waals surface area (Å²) in [5.41, 5.74) is 8.52. The van der Waals surface area contributed by atoms with Crippen LogP contribution >= 0.6 is 0 Å². The van der Waals surface area contributed by atoms with Gasteiger partial charge in [0.25, 0.3) is 0 Å². The highest BCUT2D eigenvalue weighted by Gasteiger charge is 2.06. The Labute approximate surface area is 112 Å². The largest absolute Gasteiger partial charge is 0.439 e. The first-order chi connectivity index (χ1) is 9.22. The van der Waals surface area contributed by atoms with E-state index in [0.29, 0.717) is 18.8 Å². The second-order valence-corrected chi connectivity index (χ2v) is 4.34. The molecule has 0 saturated heterocycles. The van der Waals surface area contributed by atoms with Gasteiger partial charge in [0.1, 0.15) is 5.75 Å². The molecular formula is C15H18N2O2. The van der Waals surface area contributed by atoms with E-state index in [1.807, 2.05) is 43.3 Å². The Morgan fingerprint density at radius 1 is 1.16 bits per heavy atom. The van der Waals surface area contributed by atoms with Gasteiger partial charge in [-0.25, -0.2) is 4.98 Å². The van der Waals surface area contributed by atoms with Crippen LogP contribution in [0.5, 0.6) is 11.6 Å². The molecular weight excluding hydrogens is 240 g/mol. The van der Waals surface area contributed by atoms with Gasteiger partial charge in [-0.3, -0.25) is 0 Å². The van der Waals surface area contributed by atoms with E-state index in [9.17, 15) is 0 Å². The third-order valence-electron chi connectivity index (χ3n) is 2.84.